The minimum atomic E-state index is -0.0652. The number of benzene rings is 3. The van der Waals surface area contributed by atoms with Crippen molar-refractivity contribution in [2.45, 2.75) is 13.8 Å². The molecular weight excluding hydrogens is 368 g/mol. The maximum absolute atomic E-state index is 13.0. The Morgan fingerprint density at radius 3 is 2.57 bits per heavy atom. The fourth-order valence-corrected chi connectivity index (χ4v) is 3.54. The van der Waals surface area contributed by atoms with Crippen molar-refractivity contribution in [2.24, 2.45) is 0 Å². The molecule has 0 unspecified atom stereocenters. The number of hydrogen-bond acceptors (Lipinski definition) is 3. The number of nitrogens with one attached hydrogen (secondary N) is 1. The number of aryl methyl sites for hydroxylation is 2. The van der Waals surface area contributed by atoms with E-state index in [0.29, 0.717) is 16.1 Å². The fraction of sp³-hybridized carbons (Fsp3) is 0.0833. The van der Waals surface area contributed by atoms with Gasteiger partial charge in [-0.15, -0.1) is 0 Å². The molecule has 4 heteroatoms. The second-order valence-electron chi connectivity index (χ2n) is 6.88. The molecule has 0 atom stereocenters. The van der Waals surface area contributed by atoms with Crippen LogP contribution in [0.15, 0.2) is 73.1 Å². The van der Waals surface area contributed by atoms with E-state index in [1.807, 2.05) is 68.6 Å². The lowest BCUT2D eigenvalue weighted by atomic mass is 9.97. The molecule has 0 radical (unpaired) electrons. The Morgan fingerprint density at radius 2 is 1.75 bits per heavy atom. The molecule has 0 bridgehead atoms. The van der Waals surface area contributed by atoms with E-state index in [9.17, 15) is 4.79 Å². The van der Waals surface area contributed by atoms with E-state index in [0.717, 1.165) is 33.3 Å². The van der Waals surface area contributed by atoms with E-state index in [2.05, 4.69) is 10.3 Å². The summed E-state index contributed by atoms with van der Waals surface area (Å²) in [4.78, 5) is 17.3. The molecule has 0 saturated heterocycles. The predicted octanol–water partition coefficient (Wildman–Crippen LogP) is 6.48. The number of nitrogens with zero attached hydrogens (tertiary/aromatic N) is 1. The molecule has 0 aliphatic rings. The second-order valence-corrected chi connectivity index (χ2v) is 7.28. The van der Waals surface area contributed by atoms with Gasteiger partial charge in [0.2, 0.25) is 0 Å². The Hall–Kier alpha value is -3.17. The molecule has 1 heterocycles. The third-order valence-electron chi connectivity index (χ3n) is 4.80. The molecule has 0 fully saturated rings. The van der Waals surface area contributed by atoms with Gasteiger partial charge in [-0.25, -0.2) is 0 Å². The van der Waals surface area contributed by atoms with Crippen LogP contribution >= 0.6 is 11.6 Å². The smallest absolute Gasteiger partial charge is 0.194 e. The van der Waals surface area contributed by atoms with E-state index in [1.54, 1.807) is 18.3 Å². The predicted molar refractivity (Wildman–Crippen MR) is 116 cm³/mol. The van der Waals surface area contributed by atoms with Gasteiger partial charge in [0.25, 0.3) is 0 Å². The minimum Gasteiger partial charge on any atom is -0.354 e. The summed E-state index contributed by atoms with van der Waals surface area (Å²) in [6.07, 6.45) is 3.62. The normalized spacial score (nSPS) is 10.8. The first-order chi connectivity index (χ1) is 13.5. The zero-order valence-electron chi connectivity index (χ0n) is 15.7. The summed E-state index contributed by atoms with van der Waals surface area (Å²) >= 11 is 6.47. The number of halogens is 1. The molecule has 1 N–H and O–H groups in total. The standard InChI is InChI=1S/C24H19ClN2O/c1-15-7-8-16(2)21(11-15)24(28)20-10-9-18(12-22(20)25)27-23-14-26-13-17-5-3-4-6-19(17)23/h3-14,27H,1-2H3. The van der Waals surface area contributed by atoms with Gasteiger partial charge in [0, 0.05) is 33.8 Å². The van der Waals surface area contributed by atoms with Crippen molar-refractivity contribution in [3.63, 3.8) is 0 Å². The number of rotatable bonds is 4. The van der Waals surface area contributed by atoms with Crippen molar-refractivity contribution in [3.8, 4) is 0 Å². The Balaban J connectivity index is 1.66. The lowest BCUT2D eigenvalue weighted by Crippen LogP contribution is -2.05. The molecule has 0 aliphatic carbocycles. The number of aromatic nitrogens is 1. The molecule has 0 amide bonds. The number of ketones is 1. The van der Waals surface area contributed by atoms with Gasteiger partial charge < -0.3 is 5.32 Å². The number of carbonyl (C=O) groups excluding carboxylic acids is 1. The molecule has 3 aromatic carbocycles. The average molecular weight is 387 g/mol. The lowest BCUT2D eigenvalue weighted by molar-refractivity contribution is 0.103. The van der Waals surface area contributed by atoms with Crippen molar-refractivity contribution in [1.82, 2.24) is 4.98 Å². The van der Waals surface area contributed by atoms with E-state index in [-0.39, 0.29) is 5.78 Å². The summed E-state index contributed by atoms with van der Waals surface area (Å²) in [5.74, 6) is -0.0652. The van der Waals surface area contributed by atoms with Gasteiger partial charge in [-0.2, -0.15) is 0 Å². The van der Waals surface area contributed by atoms with Crippen LogP contribution in [-0.2, 0) is 0 Å². The molecule has 138 valence electrons. The Bertz CT molecular complexity index is 1200. The number of fused-ring (bicyclic) bond motifs is 1. The quantitative estimate of drug-likeness (QED) is 0.408. The number of anilines is 2. The first-order valence-corrected chi connectivity index (χ1v) is 9.42. The minimum absolute atomic E-state index is 0.0652. The molecule has 0 aliphatic heterocycles. The van der Waals surface area contributed by atoms with Crippen LogP contribution in [0.1, 0.15) is 27.0 Å². The Labute approximate surface area is 169 Å². The first-order valence-electron chi connectivity index (χ1n) is 9.04. The van der Waals surface area contributed by atoms with Gasteiger partial charge in [-0.05, 0) is 43.7 Å². The van der Waals surface area contributed by atoms with Crippen molar-refractivity contribution in [1.29, 1.82) is 0 Å². The van der Waals surface area contributed by atoms with Crippen molar-refractivity contribution >= 4 is 39.5 Å². The summed E-state index contributed by atoms with van der Waals surface area (Å²) in [7, 11) is 0. The molecule has 0 spiro atoms. The number of pyridine rings is 1. The van der Waals surface area contributed by atoms with E-state index in [1.165, 1.54) is 0 Å². The van der Waals surface area contributed by atoms with Crippen molar-refractivity contribution in [3.05, 3.63) is 100 Å². The van der Waals surface area contributed by atoms with E-state index in [4.69, 9.17) is 11.6 Å². The van der Waals surface area contributed by atoms with Gasteiger partial charge in [-0.1, -0.05) is 53.6 Å². The molecule has 1 aromatic heterocycles. The number of carbonyl (C=O) groups is 1. The summed E-state index contributed by atoms with van der Waals surface area (Å²) in [6, 6.07) is 19.3. The molecule has 0 saturated carbocycles. The largest absolute Gasteiger partial charge is 0.354 e. The molecule has 4 aromatic rings. The van der Waals surface area contributed by atoms with Gasteiger partial charge in [-0.3, -0.25) is 9.78 Å². The Morgan fingerprint density at radius 1 is 0.929 bits per heavy atom. The number of hydrogen-bond donors (Lipinski definition) is 1. The van der Waals surface area contributed by atoms with E-state index < -0.39 is 0 Å². The van der Waals surface area contributed by atoms with Crippen LogP contribution in [0.2, 0.25) is 5.02 Å². The Kier molecular flexibility index (Phi) is 4.84. The van der Waals surface area contributed by atoms with Crippen LogP contribution in [0.25, 0.3) is 10.8 Å². The lowest BCUT2D eigenvalue weighted by Gasteiger charge is -2.12. The van der Waals surface area contributed by atoms with Crippen LogP contribution in [0.4, 0.5) is 11.4 Å². The highest BCUT2D eigenvalue weighted by molar-refractivity contribution is 6.35. The van der Waals surface area contributed by atoms with Crippen LogP contribution in [0.3, 0.4) is 0 Å². The second kappa shape index (κ2) is 7.45. The third kappa shape index (κ3) is 3.49. The SMILES string of the molecule is Cc1ccc(C)c(C(=O)c2ccc(Nc3cncc4ccccc34)cc2Cl)c1. The maximum atomic E-state index is 13.0. The molecular formula is C24H19ClN2O. The van der Waals surface area contributed by atoms with Crippen LogP contribution < -0.4 is 5.32 Å². The fourth-order valence-electron chi connectivity index (χ4n) is 3.27. The monoisotopic (exact) mass is 386 g/mol. The highest BCUT2D eigenvalue weighted by Crippen LogP contribution is 2.29. The first kappa shape index (κ1) is 18.2. The summed E-state index contributed by atoms with van der Waals surface area (Å²) < 4.78 is 0. The summed E-state index contributed by atoms with van der Waals surface area (Å²) in [5, 5.41) is 5.91. The maximum Gasteiger partial charge on any atom is 0.194 e. The van der Waals surface area contributed by atoms with Gasteiger partial charge >= 0.3 is 0 Å². The highest BCUT2D eigenvalue weighted by atomic mass is 35.5. The van der Waals surface area contributed by atoms with Gasteiger partial charge in [0.1, 0.15) is 0 Å². The van der Waals surface area contributed by atoms with Crippen molar-refractivity contribution < 1.29 is 4.79 Å². The van der Waals surface area contributed by atoms with E-state index >= 15 is 0 Å². The molecule has 4 rings (SSSR count). The molecule has 3 nitrogen and oxygen atoms in total. The topological polar surface area (TPSA) is 42.0 Å². The zero-order valence-corrected chi connectivity index (χ0v) is 16.4. The highest BCUT2D eigenvalue weighted by Gasteiger charge is 2.16. The van der Waals surface area contributed by atoms with Crippen LogP contribution in [0.5, 0.6) is 0 Å². The van der Waals surface area contributed by atoms with Gasteiger partial charge in [0.05, 0.1) is 16.9 Å². The average Bonchev–Trinajstić information content (AvgIpc) is 2.70. The molecule has 28 heavy (non-hydrogen) atoms. The van der Waals surface area contributed by atoms with Crippen LogP contribution in [0, 0.1) is 13.8 Å². The van der Waals surface area contributed by atoms with Crippen LogP contribution in [-0.4, -0.2) is 10.8 Å². The third-order valence-corrected chi connectivity index (χ3v) is 5.11. The van der Waals surface area contributed by atoms with Crippen molar-refractivity contribution in [2.75, 3.05) is 5.32 Å². The zero-order chi connectivity index (χ0) is 19.7. The summed E-state index contributed by atoms with van der Waals surface area (Å²) in [5.41, 5.74) is 4.86. The van der Waals surface area contributed by atoms with Gasteiger partial charge in [0.15, 0.2) is 5.78 Å². The summed E-state index contributed by atoms with van der Waals surface area (Å²) in [6.45, 7) is 3.91.